The summed E-state index contributed by atoms with van der Waals surface area (Å²) >= 11 is 0. The average molecular weight is 427 g/mol. The third-order valence-electron chi connectivity index (χ3n) is 9.42. The fraction of sp³-hybridized carbons (Fsp3) is 0.793. The van der Waals surface area contributed by atoms with E-state index in [1.54, 1.807) is 5.57 Å². The van der Waals surface area contributed by atoms with Gasteiger partial charge < -0.3 is 10.2 Å². The van der Waals surface area contributed by atoms with E-state index in [-0.39, 0.29) is 6.10 Å². The van der Waals surface area contributed by atoms with Crippen LogP contribution in [0.4, 0.5) is 0 Å². The van der Waals surface area contributed by atoms with Crippen molar-refractivity contribution >= 4 is 0 Å². The molecular weight excluding hydrogens is 380 g/mol. The second-order valence-electron chi connectivity index (χ2n) is 12.2. The molecular formula is C29H46O2. The first-order valence-corrected chi connectivity index (χ1v) is 13.2. The summed E-state index contributed by atoms with van der Waals surface area (Å²) < 4.78 is 0. The van der Waals surface area contributed by atoms with Gasteiger partial charge in [-0.25, -0.2) is 0 Å². The molecule has 2 N–H and O–H groups in total. The second-order valence-corrected chi connectivity index (χ2v) is 12.2. The Balaban J connectivity index is 1.42. The van der Waals surface area contributed by atoms with Gasteiger partial charge in [0, 0.05) is 0 Å². The van der Waals surface area contributed by atoms with Gasteiger partial charge in [-0.05, 0) is 113 Å². The fourth-order valence-corrected chi connectivity index (χ4v) is 7.81. The quantitative estimate of drug-likeness (QED) is 0.444. The summed E-state index contributed by atoms with van der Waals surface area (Å²) in [6.07, 6.45) is 21.3. The van der Waals surface area contributed by atoms with E-state index in [0.717, 1.165) is 49.9 Å². The van der Waals surface area contributed by atoms with Gasteiger partial charge in [-0.1, -0.05) is 56.1 Å². The number of aliphatic hydroxyl groups excluding tert-OH is 1. The van der Waals surface area contributed by atoms with E-state index in [0.29, 0.717) is 11.3 Å². The van der Waals surface area contributed by atoms with Gasteiger partial charge in [0.25, 0.3) is 0 Å². The Morgan fingerprint density at radius 3 is 2.77 bits per heavy atom. The monoisotopic (exact) mass is 426 g/mol. The van der Waals surface area contributed by atoms with Crippen molar-refractivity contribution in [3.8, 4) is 0 Å². The Morgan fingerprint density at radius 1 is 1.19 bits per heavy atom. The molecule has 0 aromatic carbocycles. The normalized spacial score (nSPS) is 39.5. The van der Waals surface area contributed by atoms with Crippen molar-refractivity contribution in [1.82, 2.24) is 0 Å². The molecule has 4 aliphatic carbocycles. The molecule has 2 unspecified atom stereocenters. The summed E-state index contributed by atoms with van der Waals surface area (Å²) in [5.74, 6) is 2.91. The predicted octanol–water partition coefficient (Wildman–Crippen LogP) is 7.12. The molecule has 0 aromatic heterocycles. The number of hydrogen-bond acceptors (Lipinski definition) is 2. The number of aliphatic hydroxyl groups is 2. The largest absolute Gasteiger partial charge is 0.390 e. The Labute approximate surface area is 190 Å². The van der Waals surface area contributed by atoms with Gasteiger partial charge >= 0.3 is 0 Å². The molecule has 3 fully saturated rings. The van der Waals surface area contributed by atoms with Crippen LogP contribution in [-0.4, -0.2) is 21.9 Å². The first-order valence-electron chi connectivity index (χ1n) is 13.2. The summed E-state index contributed by atoms with van der Waals surface area (Å²) in [6, 6.07) is 0. The van der Waals surface area contributed by atoms with Gasteiger partial charge in [0.05, 0.1) is 11.7 Å². The van der Waals surface area contributed by atoms with E-state index in [1.165, 1.54) is 56.1 Å². The molecule has 0 aliphatic heterocycles. The third-order valence-corrected chi connectivity index (χ3v) is 9.42. The zero-order valence-corrected chi connectivity index (χ0v) is 20.5. The van der Waals surface area contributed by atoms with E-state index in [9.17, 15) is 10.2 Å². The Kier molecular flexibility index (Phi) is 6.90. The molecule has 4 rings (SSSR count). The maximum atomic E-state index is 10.5. The standard InChI is InChI=1S/C29H46O2/c1-20(8-6-16-28(2,3)31)25-14-15-26-22(10-7-17-29(25,26)4)13-12-21-18-23-9-5-11-24(23)27(30)19-21/h11-13,20,23,25-27,30-31H,5-10,14-19H2,1-4H3/t20-,23+,25?,26?,27-,29-/m1/s1. The van der Waals surface area contributed by atoms with Crippen molar-refractivity contribution in [3.05, 3.63) is 34.9 Å². The molecule has 4 aliphatic rings. The van der Waals surface area contributed by atoms with Crippen molar-refractivity contribution in [1.29, 1.82) is 0 Å². The molecule has 2 nitrogen and oxygen atoms in total. The van der Waals surface area contributed by atoms with Gasteiger partial charge in [0.2, 0.25) is 0 Å². The lowest BCUT2D eigenvalue weighted by Gasteiger charge is -2.44. The van der Waals surface area contributed by atoms with Crippen LogP contribution in [0.25, 0.3) is 0 Å². The lowest BCUT2D eigenvalue weighted by molar-refractivity contribution is 0.0596. The molecule has 0 radical (unpaired) electrons. The number of fused-ring (bicyclic) bond motifs is 2. The van der Waals surface area contributed by atoms with Crippen molar-refractivity contribution in [3.63, 3.8) is 0 Å². The molecule has 0 saturated heterocycles. The Morgan fingerprint density at radius 2 is 2.00 bits per heavy atom. The first-order chi connectivity index (χ1) is 14.7. The van der Waals surface area contributed by atoms with Crippen molar-refractivity contribution < 1.29 is 10.2 Å². The molecule has 6 atom stereocenters. The topological polar surface area (TPSA) is 40.5 Å². The van der Waals surface area contributed by atoms with Gasteiger partial charge in [0.1, 0.15) is 0 Å². The van der Waals surface area contributed by atoms with E-state index >= 15 is 0 Å². The van der Waals surface area contributed by atoms with Gasteiger partial charge in [-0.15, -0.1) is 0 Å². The molecule has 0 spiro atoms. The minimum atomic E-state index is -0.530. The van der Waals surface area contributed by atoms with E-state index < -0.39 is 5.60 Å². The molecule has 174 valence electrons. The molecule has 0 bridgehead atoms. The summed E-state index contributed by atoms with van der Waals surface area (Å²) in [7, 11) is 0. The minimum Gasteiger partial charge on any atom is -0.390 e. The van der Waals surface area contributed by atoms with Crippen LogP contribution in [0, 0.1) is 29.1 Å². The van der Waals surface area contributed by atoms with Gasteiger partial charge in [-0.3, -0.25) is 0 Å². The maximum absolute atomic E-state index is 10.5. The maximum Gasteiger partial charge on any atom is 0.0790 e. The molecule has 2 heteroatoms. The van der Waals surface area contributed by atoms with Gasteiger partial charge in [0.15, 0.2) is 0 Å². The number of allylic oxidation sites excluding steroid dienone is 4. The summed E-state index contributed by atoms with van der Waals surface area (Å²) in [5.41, 5.74) is 4.40. The van der Waals surface area contributed by atoms with Crippen molar-refractivity contribution in [2.75, 3.05) is 0 Å². The minimum absolute atomic E-state index is 0.233. The highest BCUT2D eigenvalue weighted by Crippen LogP contribution is 2.60. The Bertz CT molecular complexity index is 736. The van der Waals surface area contributed by atoms with Crippen LogP contribution in [0.3, 0.4) is 0 Å². The highest BCUT2D eigenvalue weighted by Gasteiger charge is 2.50. The highest BCUT2D eigenvalue weighted by atomic mass is 16.3. The first kappa shape index (κ1) is 23.3. The fourth-order valence-electron chi connectivity index (χ4n) is 7.81. The second kappa shape index (κ2) is 9.18. The summed E-state index contributed by atoms with van der Waals surface area (Å²) in [6.45, 7) is 8.93. The smallest absolute Gasteiger partial charge is 0.0790 e. The number of rotatable bonds is 6. The van der Waals surface area contributed by atoms with E-state index in [2.05, 4.69) is 32.1 Å². The summed E-state index contributed by atoms with van der Waals surface area (Å²) in [5, 5.41) is 20.6. The van der Waals surface area contributed by atoms with Crippen molar-refractivity contribution in [2.45, 2.75) is 116 Å². The molecule has 3 saturated carbocycles. The van der Waals surface area contributed by atoms with Gasteiger partial charge in [-0.2, -0.15) is 0 Å². The molecule has 0 amide bonds. The van der Waals surface area contributed by atoms with Crippen LogP contribution in [0.15, 0.2) is 34.9 Å². The number of hydrogen-bond donors (Lipinski definition) is 2. The summed E-state index contributed by atoms with van der Waals surface area (Å²) in [4.78, 5) is 0. The molecule has 31 heavy (non-hydrogen) atoms. The van der Waals surface area contributed by atoms with Crippen LogP contribution in [0.1, 0.15) is 105 Å². The molecule has 0 heterocycles. The van der Waals surface area contributed by atoms with Crippen LogP contribution in [-0.2, 0) is 0 Å². The predicted molar refractivity (Wildman–Crippen MR) is 130 cm³/mol. The third kappa shape index (κ3) is 5.06. The highest BCUT2D eigenvalue weighted by molar-refractivity contribution is 5.31. The zero-order valence-electron chi connectivity index (χ0n) is 20.5. The van der Waals surface area contributed by atoms with Crippen LogP contribution < -0.4 is 0 Å². The SMILES string of the molecule is C[C@H](CCCC(C)(C)O)C1CCC2C(=CC=C3C[C@@H]4CCC=C4[C@H](O)C3)CCC[C@@]21C. The van der Waals surface area contributed by atoms with Crippen LogP contribution in [0.5, 0.6) is 0 Å². The van der Waals surface area contributed by atoms with Crippen LogP contribution >= 0.6 is 0 Å². The average Bonchev–Trinajstić information content (AvgIpc) is 3.29. The van der Waals surface area contributed by atoms with E-state index in [4.69, 9.17) is 0 Å². The van der Waals surface area contributed by atoms with Crippen LogP contribution in [0.2, 0.25) is 0 Å². The zero-order chi connectivity index (χ0) is 22.2. The molecule has 0 aromatic rings. The lowest BCUT2D eigenvalue weighted by atomic mass is 9.60. The lowest BCUT2D eigenvalue weighted by Crippen LogP contribution is -2.36. The van der Waals surface area contributed by atoms with Crippen molar-refractivity contribution in [2.24, 2.45) is 29.1 Å². The van der Waals surface area contributed by atoms with E-state index in [1.807, 2.05) is 13.8 Å². The Hall–Kier alpha value is -0.860.